The number of rotatable bonds is 3. The highest BCUT2D eigenvalue weighted by molar-refractivity contribution is 7.98. The Morgan fingerprint density at radius 3 is 2.79 bits per heavy atom. The molecular formula is C13H12N4OS. The maximum atomic E-state index is 5.39. The Bertz CT molecular complexity index is 692. The molecule has 0 aliphatic rings. The van der Waals surface area contributed by atoms with E-state index in [2.05, 4.69) is 26.2 Å². The zero-order valence-corrected chi connectivity index (χ0v) is 11.4. The number of aromatic amines is 1. The highest BCUT2D eigenvalue weighted by Gasteiger charge is 2.11. The van der Waals surface area contributed by atoms with Crippen LogP contribution in [0.4, 0.5) is 0 Å². The second-order valence-electron chi connectivity index (χ2n) is 3.94. The van der Waals surface area contributed by atoms with Gasteiger partial charge >= 0.3 is 0 Å². The Labute approximate surface area is 114 Å². The molecule has 0 saturated carbocycles. The summed E-state index contributed by atoms with van der Waals surface area (Å²) in [6.07, 6.45) is 5.34. The van der Waals surface area contributed by atoms with Crippen molar-refractivity contribution < 1.29 is 4.74 Å². The number of H-pyrrole nitrogens is 1. The molecule has 0 aliphatic carbocycles. The number of nitrogens with one attached hydrogen (secondary N) is 1. The third-order valence-corrected chi connectivity index (χ3v) is 3.58. The summed E-state index contributed by atoms with van der Waals surface area (Å²) >= 11 is 1.68. The third kappa shape index (κ3) is 2.15. The van der Waals surface area contributed by atoms with Gasteiger partial charge in [-0.15, -0.1) is 11.8 Å². The lowest BCUT2D eigenvalue weighted by Crippen LogP contribution is -1.89. The van der Waals surface area contributed by atoms with Crippen molar-refractivity contribution in [1.29, 1.82) is 0 Å². The van der Waals surface area contributed by atoms with Gasteiger partial charge in [0.2, 0.25) is 0 Å². The van der Waals surface area contributed by atoms with Crippen molar-refractivity contribution in [3.63, 3.8) is 0 Å². The monoisotopic (exact) mass is 272 g/mol. The number of thioether (sulfide) groups is 1. The van der Waals surface area contributed by atoms with Crippen molar-refractivity contribution >= 4 is 22.8 Å². The number of benzene rings is 1. The molecule has 0 fully saturated rings. The maximum Gasteiger partial charge on any atom is 0.142 e. The van der Waals surface area contributed by atoms with Crippen LogP contribution in [0.25, 0.3) is 22.4 Å². The van der Waals surface area contributed by atoms with E-state index in [1.807, 2.05) is 18.4 Å². The van der Waals surface area contributed by atoms with Gasteiger partial charge in [-0.05, 0) is 24.5 Å². The number of ether oxygens (including phenoxy) is 1. The van der Waals surface area contributed by atoms with Gasteiger partial charge in [-0.3, -0.25) is 0 Å². The Balaban J connectivity index is 2.19. The predicted octanol–water partition coefficient (Wildman–Crippen LogP) is 2.75. The summed E-state index contributed by atoms with van der Waals surface area (Å²) in [7, 11) is 1.66. The van der Waals surface area contributed by atoms with Gasteiger partial charge in [0.25, 0.3) is 0 Å². The highest BCUT2D eigenvalue weighted by Crippen LogP contribution is 2.32. The van der Waals surface area contributed by atoms with E-state index >= 15 is 0 Å². The first kappa shape index (κ1) is 12.0. The lowest BCUT2D eigenvalue weighted by molar-refractivity contribution is 0.416. The average Bonchev–Trinajstić information content (AvgIpc) is 2.90. The van der Waals surface area contributed by atoms with Crippen LogP contribution in [0.2, 0.25) is 0 Å². The molecule has 0 atom stereocenters. The summed E-state index contributed by atoms with van der Waals surface area (Å²) < 4.78 is 5.39. The zero-order valence-electron chi connectivity index (χ0n) is 10.5. The molecule has 0 amide bonds. The molecule has 19 heavy (non-hydrogen) atoms. The molecule has 6 heteroatoms. The van der Waals surface area contributed by atoms with Crippen LogP contribution in [0.3, 0.4) is 0 Å². The van der Waals surface area contributed by atoms with Gasteiger partial charge in [0.15, 0.2) is 0 Å². The van der Waals surface area contributed by atoms with Gasteiger partial charge in [0, 0.05) is 4.90 Å². The molecule has 2 aromatic heterocycles. The van der Waals surface area contributed by atoms with Gasteiger partial charge in [-0.1, -0.05) is 0 Å². The van der Waals surface area contributed by atoms with Gasteiger partial charge in [-0.2, -0.15) is 10.2 Å². The van der Waals surface area contributed by atoms with Crippen LogP contribution in [0, 0.1) is 0 Å². The summed E-state index contributed by atoms with van der Waals surface area (Å²) in [4.78, 5) is 8.91. The molecule has 3 aromatic rings. The quantitative estimate of drug-likeness (QED) is 0.743. The SMILES string of the molecule is COc1ccc(SC)cc1-c1nc2cnncc2[nH]1. The summed E-state index contributed by atoms with van der Waals surface area (Å²) in [5, 5.41) is 7.67. The number of imidazole rings is 1. The largest absolute Gasteiger partial charge is 0.496 e. The molecule has 0 spiro atoms. The summed E-state index contributed by atoms with van der Waals surface area (Å²) in [6, 6.07) is 6.03. The standard InChI is InChI=1S/C13H12N4OS/c1-18-12-4-3-8(19-2)5-9(12)13-16-10-6-14-15-7-11(10)17-13/h3-7H,1-2H3,(H,16,17). The van der Waals surface area contributed by atoms with E-state index in [1.165, 1.54) is 0 Å². The fraction of sp³-hybridized carbons (Fsp3) is 0.154. The Kier molecular flexibility index (Phi) is 3.08. The van der Waals surface area contributed by atoms with Crippen LogP contribution in [-0.2, 0) is 0 Å². The molecular weight excluding hydrogens is 260 g/mol. The van der Waals surface area contributed by atoms with Gasteiger partial charge in [0.05, 0.1) is 30.6 Å². The Hall–Kier alpha value is -2.08. The van der Waals surface area contributed by atoms with Crippen molar-refractivity contribution in [2.24, 2.45) is 0 Å². The molecule has 1 aromatic carbocycles. The topological polar surface area (TPSA) is 63.7 Å². The lowest BCUT2D eigenvalue weighted by Gasteiger charge is -2.07. The van der Waals surface area contributed by atoms with Crippen molar-refractivity contribution in [2.45, 2.75) is 4.90 Å². The van der Waals surface area contributed by atoms with Crippen LogP contribution in [-0.4, -0.2) is 33.5 Å². The third-order valence-electron chi connectivity index (χ3n) is 2.86. The molecule has 0 bridgehead atoms. The van der Waals surface area contributed by atoms with E-state index in [-0.39, 0.29) is 0 Å². The predicted molar refractivity (Wildman–Crippen MR) is 75.5 cm³/mol. The molecule has 0 radical (unpaired) electrons. The molecule has 96 valence electrons. The van der Waals surface area contributed by atoms with Crippen molar-refractivity contribution in [3.8, 4) is 17.1 Å². The normalized spacial score (nSPS) is 10.8. The van der Waals surface area contributed by atoms with Crippen molar-refractivity contribution in [2.75, 3.05) is 13.4 Å². The Morgan fingerprint density at radius 1 is 1.21 bits per heavy atom. The number of hydrogen-bond donors (Lipinski definition) is 1. The maximum absolute atomic E-state index is 5.39. The zero-order chi connectivity index (χ0) is 13.2. The lowest BCUT2D eigenvalue weighted by atomic mass is 10.2. The van der Waals surface area contributed by atoms with Crippen molar-refractivity contribution in [1.82, 2.24) is 20.2 Å². The first-order chi connectivity index (χ1) is 9.31. The van der Waals surface area contributed by atoms with Crippen LogP contribution in [0.5, 0.6) is 5.75 Å². The number of methoxy groups -OCH3 is 1. The van der Waals surface area contributed by atoms with Crippen LogP contribution < -0.4 is 4.74 Å². The summed E-state index contributed by atoms with van der Waals surface area (Å²) in [5.74, 6) is 1.55. The van der Waals surface area contributed by atoms with E-state index in [9.17, 15) is 0 Å². The molecule has 0 saturated heterocycles. The molecule has 3 rings (SSSR count). The molecule has 5 nitrogen and oxygen atoms in total. The fourth-order valence-electron chi connectivity index (χ4n) is 1.90. The van der Waals surface area contributed by atoms with E-state index in [4.69, 9.17) is 4.74 Å². The summed E-state index contributed by atoms with van der Waals surface area (Å²) in [5.41, 5.74) is 2.59. The first-order valence-corrected chi connectivity index (χ1v) is 6.93. The minimum atomic E-state index is 0.762. The second-order valence-corrected chi connectivity index (χ2v) is 4.82. The second kappa shape index (κ2) is 4.89. The van der Waals surface area contributed by atoms with Gasteiger partial charge < -0.3 is 9.72 Å². The van der Waals surface area contributed by atoms with Crippen LogP contribution in [0.15, 0.2) is 35.5 Å². The average molecular weight is 272 g/mol. The number of nitrogens with zero attached hydrogens (tertiary/aromatic N) is 3. The molecule has 0 aliphatic heterocycles. The minimum absolute atomic E-state index is 0.762. The van der Waals surface area contributed by atoms with Gasteiger partial charge in [-0.25, -0.2) is 4.98 Å². The van der Waals surface area contributed by atoms with Crippen LogP contribution in [0.1, 0.15) is 0 Å². The van der Waals surface area contributed by atoms with Crippen LogP contribution >= 0.6 is 11.8 Å². The van der Waals surface area contributed by atoms with E-state index in [0.717, 1.165) is 33.1 Å². The molecule has 0 unspecified atom stereocenters. The van der Waals surface area contributed by atoms with Gasteiger partial charge in [0.1, 0.15) is 17.1 Å². The minimum Gasteiger partial charge on any atom is -0.496 e. The molecule has 1 N–H and O–H groups in total. The Morgan fingerprint density at radius 2 is 2.05 bits per heavy atom. The van der Waals surface area contributed by atoms with E-state index in [1.54, 1.807) is 31.3 Å². The first-order valence-electron chi connectivity index (χ1n) is 5.70. The highest BCUT2D eigenvalue weighted by atomic mass is 32.2. The smallest absolute Gasteiger partial charge is 0.142 e. The number of fused-ring (bicyclic) bond motifs is 1. The van der Waals surface area contributed by atoms with Crippen molar-refractivity contribution in [3.05, 3.63) is 30.6 Å². The number of aromatic nitrogens is 4. The molecule has 2 heterocycles. The number of hydrogen-bond acceptors (Lipinski definition) is 5. The van der Waals surface area contributed by atoms with E-state index in [0.29, 0.717) is 0 Å². The van der Waals surface area contributed by atoms with E-state index < -0.39 is 0 Å². The summed E-state index contributed by atoms with van der Waals surface area (Å²) in [6.45, 7) is 0. The fourth-order valence-corrected chi connectivity index (χ4v) is 2.34.